The van der Waals surface area contributed by atoms with Crippen molar-refractivity contribution in [2.45, 2.75) is 44.3 Å². The standard InChI is InChI=1S/C12H19F3N2O/c13-12(14,15)7-11(18)17(10-1-2-10)8-9-3-5-16-6-4-9/h9-10,16H,1-8H2. The zero-order valence-corrected chi connectivity index (χ0v) is 10.3. The topological polar surface area (TPSA) is 32.3 Å². The van der Waals surface area contributed by atoms with Crippen LogP contribution in [0.15, 0.2) is 0 Å². The van der Waals surface area contributed by atoms with Crippen molar-refractivity contribution in [3.05, 3.63) is 0 Å². The maximum absolute atomic E-state index is 12.3. The fraction of sp³-hybridized carbons (Fsp3) is 0.917. The SMILES string of the molecule is O=C(CC(F)(F)F)N(CC1CCNCC1)C1CC1. The molecule has 0 atom stereocenters. The molecule has 3 nitrogen and oxygen atoms in total. The Morgan fingerprint density at radius 3 is 2.28 bits per heavy atom. The summed E-state index contributed by atoms with van der Waals surface area (Å²) in [5, 5.41) is 3.22. The van der Waals surface area contributed by atoms with Gasteiger partial charge in [-0.1, -0.05) is 0 Å². The molecule has 6 heteroatoms. The first-order valence-corrected chi connectivity index (χ1v) is 6.52. The van der Waals surface area contributed by atoms with Crippen LogP contribution in [0.2, 0.25) is 0 Å². The molecule has 0 radical (unpaired) electrons. The summed E-state index contributed by atoms with van der Waals surface area (Å²) < 4.78 is 36.8. The summed E-state index contributed by atoms with van der Waals surface area (Å²) in [6, 6.07) is 0.0646. The number of hydrogen-bond acceptors (Lipinski definition) is 2. The first-order chi connectivity index (χ1) is 8.46. The van der Waals surface area contributed by atoms with E-state index in [1.807, 2.05) is 0 Å². The van der Waals surface area contributed by atoms with Crippen LogP contribution >= 0.6 is 0 Å². The monoisotopic (exact) mass is 264 g/mol. The lowest BCUT2D eigenvalue weighted by Crippen LogP contribution is -2.42. The zero-order valence-electron chi connectivity index (χ0n) is 10.3. The van der Waals surface area contributed by atoms with Crippen LogP contribution in [-0.4, -0.2) is 42.7 Å². The fourth-order valence-corrected chi connectivity index (χ4v) is 2.46. The van der Waals surface area contributed by atoms with Crippen LogP contribution in [0.1, 0.15) is 32.1 Å². The Kier molecular flexibility index (Phi) is 4.14. The maximum atomic E-state index is 12.3. The molecule has 0 spiro atoms. The lowest BCUT2D eigenvalue weighted by Gasteiger charge is -2.30. The summed E-state index contributed by atoms with van der Waals surface area (Å²) in [6.45, 7) is 2.30. The van der Waals surface area contributed by atoms with Gasteiger partial charge >= 0.3 is 6.18 Å². The molecule has 104 valence electrons. The zero-order chi connectivity index (χ0) is 13.2. The second-order valence-corrected chi connectivity index (χ2v) is 5.26. The van der Waals surface area contributed by atoms with Crippen molar-refractivity contribution >= 4 is 5.91 Å². The highest BCUT2D eigenvalue weighted by atomic mass is 19.4. The largest absolute Gasteiger partial charge is 0.397 e. The fourth-order valence-electron chi connectivity index (χ4n) is 2.46. The van der Waals surface area contributed by atoms with Gasteiger partial charge in [-0.3, -0.25) is 4.79 Å². The number of nitrogens with zero attached hydrogens (tertiary/aromatic N) is 1. The molecule has 1 N–H and O–H groups in total. The number of halogens is 3. The van der Waals surface area contributed by atoms with Gasteiger partial charge in [0.25, 0.3) is 0 Å². The van der Waals surface area contributed by atoms with Crippen molar-refractivity contribution in [2.75, 3.05) is 19.6 Å². The van der Waals surface area contributed by atoms with Crippen LogP contribution in [-0.2, 0) is 4.79 Å². The highest BCUT2D eigenvalue weighted by Crippen LogP contribution is 2.31. The quantitative estimate of drug-likeness (QED) is 0.841. The third-order valence-corrected chi connectivity index (χ3v) is 3.57. The normalized spacial score (nSPS) is 21.9. The van der Waals surface area contributed by atoms with Gasteiger partial charge in [-0.15, -0.1) is 0 Å². The number of amides is 1. The van der Waals surface area contributed by atoms with Crippen LogP contribution in [0, 0.1) is 5.92 Å². The average Bonchev–Trinajstić information content (AvgIpc) is 3.08. The van der Waals surface area contributed by atoms with Gasteiger partial charge in [0.15, 0.2) is 0 Å². The van der Waals surface area contributed by atoms with Gasteiger partial charge in [-0.25, -0.2) is 0 Å². The summed E-state index contributed by atoms with van der Waals surface area (Å²) in [5.41, 5.74) is 0. The van der Waals surface area contributed by atoms with Crippen molar-refractivity contribution in [1.82, 2.24) is 10.2 Å². The van der Waals surface area contributed by atoms with E-state index in [9.17, 15) is 18.0 Å². The van der Waals surface area contributed by atoms with Crippen LogP contribution in [0.25, 0.3) is 0 Å². The molecule has 2 aliphatic rings. The van der Waals surface area contributed by atoms with Crippen molar-refractivity contribution in [1.29, 1.82) is 0 Å². The number of carbonyl (C=O) groups is 1. The molecule has 0 unspecified atom stereocenters. The van der Waals surface area contributed by atoms with E-state index in [0.717, 1.165) is 38.8 Å². The molecule has 0 aromatic heterocycles. The molecule has 18 heavy (non-hydrogen) atoms. The molecule has 1 saturated heterocycles. The summed E-state index contributed by atoms with van der Waals surface area (Å²) in [6.07, 6.45) is -2.10. The Hall–Kier alpha value is -0.780. The number of rotatable bonds is 4. The van der Waals surface area contributed by atoms with Crippen LogP contribution in [0.3, 0.4) is 0 Å². The van der Waals surface area contributed by atoms with Crippen molar-refractivity contribution in [3.63, 3.8) is 0 Å². The lowest BCUT2D eigenvalue weighted by molar-refractivity contribution is -0.162. The summed E-state index contributed by atoms with van der Waals surface area (Å²) in [7, 11) is 0. The van der Waals surface area contributed by atoms with E-state index in [1.54, 1.807) is 0 Å². The third-order valence-electron chi connectivity index (χ3n) is 3.57. The van der Waals surface area contributed by atoms with Gasteiger partial charge < -0.3 is 10.2 Å². The number of hydrogen-bond donors (Lipinski definition) is 1. The Morgan fingerprint density at radius 1 is 1.17 bits per heavy atom. The van der Waals surface area contributed by atoms with Crippen molar-refractivity contribution in [2.24, 2.45) is 5.92 Å². The summed E-state index contributed by atoms with van der Waals surface area (Å²) in [5.74, 6) is -0.396. The molecule has 0 aromatic rings. The minimum Gasteiger partial charge on any atom is -0.339 e. The van der Waals surface area contributed by atoms with Crippen LogP contribution in [0.5, 0.6) is 0 Å². The second-order valence-electron chi connectivity index (χ2n) is 5.26. The molecule has 1 heterocycles. The molecule has 0 aromatic carbocycles. The molecule has 1 saturated carbocycles. The Bertz CT molecular complexity index is 296. The Balaban J connectivity index is 1.88. The average molecular weight is 264 g/mol. The predicted molar refractivity (Wildman–Crippen MR) is 61.0 cm³/mol. The van der Waals surface area contributed by atoms with E-state index in [4.69, 9.17) is 0 Å². The summed E-state index contributed by atoms with van der Waals surface area (Å²) >= 11 is 0. The van der Waals surface area contributed by atoms with Gasteiger partial charge in [0, 0.05) is 12.6 Å². The van der Waals surface area contributed by atoms with Gasteiger partial charge in [0.2, 0.25) is 5.91 Å². The number of carbonyl (C=O) groups excluding carboxylic acids is 1. The Morgan fingerprint density at radius 2 is 1.78 bits per heavy atom. The minimum absolute atomic E-state index is 0.0646. The van der Waals surface area contributed by atoms with Gasteiger partial charge in [-0.2, -0.15) is 13.2 Å². The maximum Gasteiger partial charge on any atom is 0.397 e. The highest BCUT2D eigenvalue weighted by Gasteiger charge is 2.39. The van der Waals surface area contributed by atoms with E-state index >= 15 is 0 Å². The van der Waals surface area contributed by atoms with E-state index in [1.165, 1.54) is 4.90 Å². The van der Waals surface area contributed by atoms with Crippen LogP contribution in [0.4, 0.5) is 13.2 Å². The predicted octanol–water partition coefficient (Wildman–Crippen LogP) is 1.93. The molecule has 1 aliphatic carbocycles. The number of alkyl halides is 3. The number of nitrogens with one attached hydrogen (secondary N) is 1. The first-order valence-electron chi connectivity index (χ1n) is 6.52. The highest BCUT2D eigenvalue weighted by molar-refractivity contribution is 5.77. The van der Waals surface area contributed by atoms with Crippen molar-refractivity contribution < 1.29 is 18.0 Å². The summed E-state index contributed by atoms with van der Waals surface area (Å²) in [4.78, 5) is 13.2. The first kappa shape index (κ1) is 13.6. The molecule has 2 rings (SSSR count). The molecule has 1 amide bonds. The van der Waals surface area contributed by atoms with Gasteiger partial charge in [0.1, 0.15) is 6.42 Å². The molecule has 0 bridgehead atoms. The van der Waals surface area contributed by atoms with Crippen LogP contribution < -0.4 is 5.32 Å². The second kappa shape index (κ2) is 5.47. The van der Waals surface area contributed by atoms with E-state index < -0.39 is 18.5 Å². The molecule has 1 aliphatic heterocycles. The molecular weight excluding hydrogens is 245 g/mol. The van der Waals surface area contributed by atoms with Crippen molar-refractivity contribution in [3.8, 4) is 0 Å². The Labute approximate surface area is 105 Å². The van der Waals surface area contributed by atoms with E-state index in [-0.39, 0.29) is 6.04 Å². The third kappa shape index (κ3) is 4.15. The molecular formula is C12H19F3N2O. The van der Waals surface area contributed by atoms with Gasteiger partial charge in [0.05, 0.1) is 0 Å². The van der Waals surface area contributed by atoms with E-state index in [2.05, 4.69) is 5.32 Å². The van der Waals surface area contributed by atoms with E-state index in [0.29, 0.717) is 12.5 Å². The smallest absolute Gasteiger partial charge is 0.339 e. The number of piperidine rings is 1. The molecule has 2 fully saturated rings. The lowest BCUT2D eigenvalue weighted by atomic mass is 9.97. The minimum atomic E-state index is -4.39. The van der Waals surface area contributed by atoms with Gasteiger partial charge in [-0.05, 0) is 44.7 Å².